The number of hydrogen-bond acceptors (Lipinski definition) is 6. The molecule has 0 saturated heterocycles. The van der Waals surface area contributed by atoms with Crippen LogP contribution in [0.15, 0.2) is 23.2 Å². The highest BCUT2D eigenvalue weighted by Crippen LogP contribution is 2.24. The van der Waals surface area contributed by atoms with Crippen molar-refractivity contribution in [2.75, 3.05) is 0 Å². The second-order valence-corrected chi connectivity index (χ2v) is 3.92. The van der Waals surface area contributed by atoms with Gasteiger partial charge in [0.05, 0.1) is 0 Å². The molecule has 17 heavy (non-hydrogen) atoms. The molecule has 0 aromatic rings. The van der Waals surface area contributed by atoms with Crippen molar-refractivity contribution in [1.29, 1.82) is 0 Å². The van der Waals surface area contributed by atoms with E-state index in [9.17, 15) is 28.2 Å². The standard InChI is InChI=1S/C8H6O8S/c9-3-1-2(7(11)12)5(10)6(17(15)16)4(3)8(13)14/h1,4,9-10H,(H,11,12)(H,13,14). The van der Waals surface area contributed by atoms with Gasteiger partial charge in [-0.25, -0.2) is 4.79 Å². The lowest BCUT2D eigenvalue weighted by molar-refractivity contribution is -0.139. The highest BCUT2D eigenvalue weighted by Gasteiger charge is 2.38. The van der Waals surface area contributed by atoms with Gasteiger partial charge < -0.3 is 20.4 Å². The number of hydrogen-bond donors (Lipinski definition) is 4. The van der Waals surface area contributed by atoms with Crippen molar-refractivity contribution >= 4 is 27.1 Å². The van der Waals surface area contributed by atoms with E-state index >= 15 is 0 Å². The molecular formula is C8H6O8S. The summed E-state index contributed by atoms with van der Waals surface area (Å²) in [5.74, 6) is -7.60. The molecule has 0 bridgehead atoms. The minimum atomic E-state index is -3.18. The molecule has 0 amide bonds. The first-order chi connectivity index (χ1) is 7.77. The summed E-state index contributed by atoms with van der Waals surface area (Å²) in [6, 6.07) is 0. The van der Waals surface area contributed by atoms with Gasteiger partial charge in [0.25, 0.3) is 0 Å². The lowest BCUT2D eigenvalue weighted by Crippen LogP contribution is -2.32. The first-order valence-corrected chi connectivity index (χ1v) is 5.11. The minimum Gasteiger partial charge on any atom is -0.511 e. The predicted molar refractivity (Wildman–Crippen MR) is 53.1 cm³/mol. The van der Waals surface area contributed by atoms with Gasteiger partial charge >= 0.3 is 11.9 Å². The van der Waals surface area contributed by atoms with Gasteiger partial charge in [0.2, 0.25) is 10.3 Å². The van der Waals surface area contributed by atoms with E-state index in [2.05, 4.69) is 0 Å². The lowest BCUT2D eigenvalue weighted by Gasteiger charge is -2.17. The molecule has 0 fully saturated rings. The molecule has 0 saturated carbocycles. The summed E-state index contributed by atoms with van der Waals surface area (Å²) in [6.07, 6.45) is 0.493. The van der Waals surface area contributed by atoms with Crippen LogP contribution in [0.5, 0.6) is 0 Å². The number of aliphatic carboxylic acids is 2. The fourth-order valence-corrected chi connectivity index (χ4v) is 1.96. The van der Waals surface area contributed by atoms with Crippen LogP contribution in [0.1, 0.15) is 0 Å². The molecule has 0 radical (unpaired) electrons. The monoisotopic (exact) mass is 262 g/mol. The summed E-state index contributed by atoms with van der Waals surface area (Å²) >= 11 is 0. The zero-order valence-corrected chi connectivity index (χ0v) is 8.80. The number of aliphatic hydroxyl groups is 2. The van der Waals surface area contributed by atoms with Gasteiger partial charge in [-0.3, -0.25) is 4.79 Å². The van der Waals surface area contributed by atoms with Crippen LogP contribution >= 0.6 is 0 Å². The molecule has 1 rings (SSSR count). The van der Waals surface area contributed by atoms with E-state index in [1.54, 1.807) is 0 Å². The van der Waals surface area contributed by atoms with Crippen LogP contribution in [0, 0.1) is 5.92 Å². The Kier molecular flexibility index (Phi) is 3.23. The number of carboxylic acid groups (broad SMARTS) is 2. The summed E-state index contributed by atoms with van der Waals surface area (Å²) < 4.78 is 21.5. The average Bonchev–Trinajstić information content (AvgIpc) is 2.18. The Hall–Kier alpha value is -2.29. The van der Waals surface area contributed by atoms with Gasteiger partial charge in [-0.05, 0) is 6.08 Å². The maximum absolute atomic E-state index is 10.8. The van der Waals surface area contributed by atoms with E-state index in [1.165, 1.54) is 0 Å². The number of carboxylic acids is 2. The van der Waals surface area contributed by atoms with Crippen molar-refractivity contribution < 1.29 is 38.4 Å². The maximum atomic E-state index is 10.8. The van der Waals surface area contributed by atoms with E-state index in [0.29, 0.717) is 6.08 Å². The lowest BCUT2D eigenvalue weighted by atomic mass is 9.93. The van der Waals surface area contributed by atoms with Crippen LogP contribution in [0.25, 0.3) is 0 Å². The molecule has 0 aliphatic heterocycles. The maximum Gasteiger partial charge on any atom is 0.339 e. The molecule has 8 nitrogen and oxygen atoms in total. The van der Waals surface area contributed by atoms with Gasteiger partial charge in [-0.15, -0.1) is 0 Å². The summed E-state index contributed by atoms with van der Waals surface area (Å²) in [4.78, 5) is 20.3. The third-order valence-electron chi connectivity index (χ3n) is 2.00. The fraction of sp³-hybridized carbons (Fsp3) is 0.125. The van der Waals surface area contributed by atoms with Crippen LogP contribution in [-0.2, 0) is 19.9 Å². The Morgan fingerprint density at radius 3 is 2.06 bits per heavy atom. The molecule has 0 heterocycles. The van der Waals surface area contributed by atoms with Gasteiger partial charge in [0.15, 0.2) is 5.92 Å². The zero-order valence-electron chi connectivity index (χ0n) is 7.98. The van der Waals surface area contributed by atoms with E-state index < -0.39 is 50.1 Å². The Morgan fingerprint density at radius 2 is 1.71 bits per heavy atom. The van der Waals surface area contributed by atoms with Crippen LogP contribution in [0.2, 0.25) is 0 Å². The molecule has 4 N–H and O–H groups in total. The number of carbonyl (C=O) groups is 2. The van der Waals surface area contributed by atoms with Crippen molar-refractivity contribution in [1.82, 2.24) is 0 Å². The molecule has 1 aliphatic carbocycles. The molecule has 9 heteroatoms. The first-order valence-electron chi connectivity index (χ1n) is 4.03. The minimum absolute atomic E-state index is 0.493. The van der Waals surface area contributed by atoms with E-state index in [4.69, 9.17) is 10.2 Å². The summed E-state index contributed by atoms with van der Waals surface area (Å²) in [5, 5.41) is 35.9. The second kappa shape index (κ2) is 4.29. The van der Waals surface area contributed by atoms with Crippen molar-refractivity contribution in [3.63, 3.8) is 0 Å². The van der Waals surface area contributed by atoms with Gasteiger partial charge in [-0.1, -0.05) is 0 Å². The zero-order chi connectivity index (χ0) is 13.3. The molecule has 92 valence electrons. The quantitative estimate of drug-likeness (QED) is 0.467. The van der Waals surface area contributed by atoms with E-state index in [1.807, 2.05) is 0 Å². The van der Waals surface area contributed by atoms with Gasteiger partial charge in [0.1, 0.15) is 22.0 Å². The first kappa shape index (κ1) is 12.8. The van der Waals surface area contributed by atoms with Crippen molar-refractivity contribution in [3.05, 3.63) is 23.2 Å². The molecule has 1 aliphatic rings. The predicted octanol–water partition coefficient (Wildman–Crippen LogP) is -0.909. The Bertz CT molecular complexity index is 583. The normalized spacial score (nSPS) is 19.9. The molecule has 0 aromatic carbocycles. The third-order valence-corrected chi connectivity index (χ3v) is 2.78. The van der Waals surface area contributed by atoms with Gasteiger partial charge in [-0.2, -0.15) is 8.42 Å². The van der Waals surface area contributed by atoms with Crippen LogP contribution in [0.4, 0.5) is 0 Å². The second-order valence-electron chi connectivity index (χ2n) is 3.01. The molecule has 1 atom stereocenters. The van der Waals surface area contributed by atoms with Crippen LogP contribution in [0.3, 0.4) is 0 Å². The van der Waals surface area contributed by atoms with Gasteiger partial charge in [0, 0.05) is 0 Å². The van der Waals surface area contributed by atoms with Crippen molar-refractivity contribution in [3.8, 4) is 0 Å². The summed E-state index contributed by atoms with van der Waals surface area (Å²) in [5.41, 5.74) is -0.890. The Morgan fingerprint density at radius 1 is 1.18 bits per heavy atom. The SMILES string of the molecule is O=C(O)C1=C(O)C(=S(=O)=O)C(C(=O)O)C(O)=C1. The highest BCUT2D eigenvalue weighted by atomic mass is 32.2. The highest BCUT2D eigenvalue weighted by molar-refractivity contribution is 7.73. The topological polar surface area (TPSA) is 149 Å². The van der Waals surface area contributed by atoms with E-state index in [-0.39, 0.29) is 0 Å². The Balaban J connectivity index is 3.64. The number of aliphatic hydroxyl groups excluding tert-OH is 2. The largest absolute Gasteiger partial charge is 0.511 e. The van der Waals surface area contributed by atoms with Crippen LogP contribution in [-0.4, -0.2) is 45.6 Å². The van der Waals surface area contributed by atoms with E-state index in [0.717, 1.165) is 0 Å². The van der Waals surface area contributed by atoms with Crippen molar-refractivity contribution in [2.24, 2.45) is 5.92 Å². The smallest absolute Gasteiger partial charge is 0.339 e. The van der Waals surface area contributed by atoms with Crippen LogP contribution < -0.4 is 0 Å². The van der Waals surface area contributed by atoms with Crippen molar-refractivity contribution in [2.45, 2.75) is 0 Å². The molecule has 0 aromatic heterocycles. The molecular weight excluding hydrogens is 256 g/mol. The molecule has 1 unspecified atom stereocenters. The fourth-order valence-electron chi connectivity index (χ4n) is 1.28. The number of allylic oxidation sites excluding steroid dienone is 1. The summed E-state index contributed by atoms with van der Waals surface area (Å²) in [7, 11) is -3.18. The molecule has 0 spiro atoms. The number of rotatable bonds is 2. The Labute approximate surface area is 95.3 Å². The third kappa shape index (κ3) is 2.13. The summed E-state index contributed by atoms with van der Waals surface area (Å²) in [6.45, 7) is 0. The average molecular weight is 262 g/mol.